The van der Waals surface area contributed by atoms with Gasteiger partial charge in [-0.05, 0) is 61.0 Å². The second-order valence-corrected chi connectivity index (χ2v) is 7.88. The highest BCUT2D eigenvalue weighted by molar-refractivity contribution is 6.30. The number of aryl methyl sites for hydroxylation is 1. The number of benzene rings is 3. The molecule has 4 rings (SSSR count). The molecule has 0 radical (unpaired) electrons. The Morgan fingerprint density at radius 3 is 2.26 bits per heavy atom. The van der Waals surface area contributed by atoms with Crippen molar-refractivity contribution in [2.24, 2.45) is 0 Å². The minimum absolute atomic E-state index is 0.150. The van der Waals surface area contributed by atoms with Crippen LogP contribution in [0.2, 0.25) is 5.02 Å². The quantitative estimate of drug-likeness (QED) is 0.290. The zero-order valence-electron chi connectivity index (χ0n) is 18.1. The topological polar surface area (TPSA) is 109 Å². The molecule has 0 aliphatic heterocycles. The summed E-state index contributed by atoms with van der Waals surface area (Å²) in [7, 11) is 0. The lowest BCUT2D eigenvalue weighted by Gasteiger charge is -2.10. The van der Waals surface area contributed by atoms with Crippen molar-refractivity contribution in [1.29, 1.82) is 0 Å². The highest BCUT2D eigenvalue weighted by atomic mass is 35.5. The minimum atomic E-state index is -0.368. The molecule has 0 spiro atoms. The number of nitrogens with one attached hydrogen (secondary N) is 3. The van der Waals surface area contributed by atoms with E-state index in [9.17, 15) is 9.59 Å². The third-order valence-corrected chi connectivity index (χ3v) is 5.05. The lowest BCUT2D eigenvalue weighted by atomic mass is 10.2. The normalized spacial score (nSPS) is 10.5. The Kier molecular flexibility index (Phi) is 7.52. The number of hydrogen-bond donors (Lipinski definition) is 3. The number of carbonyl (C=O) groups is 2. The number of aromatic nitrogens is 2. The Morgan fingerprint density at radius 2 is 1.50 bits per heavy atom. The monoisotopic (exact) mass is 475 g/mol. The first-order chi connectivity index (χ1) is 16.5. The summed E-state index contributed by atoms with van der Waals surface area (Å²) in [6.07, 6.45) is 1.31. The van der Waals surface area contributed by atoms with Gasteiger partial charge in [0, 0.05) is 40.5 Å². The Balaban J connectivity index is 1.23. The zero-order chi connectivity index (χ0) is 23.8. The van der Waals surface area contributed by atoms with E-state index in [0.29, 0.717) is 46.6 Å². The van der Waals surface area contributed by atoms with Crippen LogP contribution in [0, 0.1) is 0 Å². The van der Waals surface area contributed by atoms with Crippen molar-refractivity contribution in [3.8, 4) is 11.4 Å². The molecule has 172 valence electrons. The molecule has 0 fully saturated rings. The van der Waals surface area contributed by atoms with Crippen LogP contribution in [0.3, 0.4) is 0 Å². The van der Waals surface area contributed by atoms with Gasteiger partial charge in [-0.2, -0.15) is 4.98 Å². The van der Waals surface area contributed by atoms with Crippen molar-refractivity contribution in [2.75, 3.05) is 16.0 Å². The van der Waals surface area contributed by atoms with E-state index in [1.165, 1.54) is 0 Å². The van der Waals surface area contributed by atoms with Crippen LogP contribution in [-0.2, 0) is 11.2 Å². The maximum absolute atomic E-state index is 12.3. The van der Waals surface area contributed by atoms with E-state index in [2.05, 4.69) is 26.1 Å². The SMILES string of the molecule is O=C(CCCc1nc(-c2ccc(Cl)cc2)no1)Nc1cccc(NC(=O)Nc2ccccc2)c1. The standard InChI is InChI=1S/C25H22ClN5O3/c26-18-14-12-17(13-15-18)24-30-23(34-31-24)11-5-10-22(32)27-20-8-4-9-21(16-20)29-25(33)28-19-6-2-1-3-7-19/h1-4,6-9,12-16H,5,10-11H2,(H,27,32)(H2,28,29,33). The minimum Gasteiger partial charge on any atom is -0.339 e. The number of rotatable bonds is 8. The van der Waals surface area contributed by atoms with Gasteiger partial charge in [-0.15, -0.1) is 0 Å². The molecular weight excluding hydrogens is 454 g/mol. The highest BCUT2D eigenvalue weighted by Crippen LogP contribution is 2.20. The second kappa shape index (κ2) is 11.1. The first kappa shape index (κ1) is 23.0. The fraction of sp³-hybridized carbons (Fsp3) is 0.120. The van der Waals surface area contributed by atoms with Crippen molar-refractivity contribution in [3.05, 3.63) is 89.8 Å². The van der Waals surface area contributed by atoms with Crippen LogP contribution >= 0.6 is 11.6 Å². The number of urea groups is 1. The van der Waals surface area contributed by atoms with Gasteiger partial charge < -0.3 is 20.5 Å². The second-order valence-electron chi connectivity index (χ2n) is 7.45. The first-order valence-corrected chi connectivity index (χ1v) is 11.0. The molecule has 4 aromatic rings. The van der Waals surface area contributed by atoms with Crippen LogP contribution in [-0.4, -0.2) is 22.1 Å². The highest BCUT2D eigenvalue weighted by Gasteiger charge is 2.10. The summed E-state index contributed by atoms with van der Waals surface area (Å²) < 4.78 is 5.27. The van der Waals surface area contributed by atoms with Crippen LogP contribution in [0.5, 0.6) is 0 Å². The van der Waals surface area contributed by atoms with Gasteiger partial charge in [-0.1, -0.05) is 41.0 Å². The van der Waals surface area contributed by atoms with E-state index in [4.69, 9.17) is 16.1 Å². The van der Waals surface area contributed by atoms with Crippen molar-refractivity contribution in [3.63, 3.8) is 0 Å². The first-order valence-electron chi connectivity index (χ1n) is 10.7. The molecule has 0 saturated carbocycles. The predicted molar refractivity (Wildman–Crippen MR) is 132 cm³/mol. The summed E-state index contributed by atoms with van der Waals surface area (Å²) >= 11 is 5.90. The van der Waals surface area contributed by atoms with Crippen molar-refractivity contribution in [2.45, 2.75) is 19.3 Å². The van der Waals surface area contributed by atoms with Crippen molar-refractivity contribution < 1.29 is 14.1 Å². The summed E-state index contributed by atoms with van der Waals surface area (Å²) in [5.41, 5.74) is 2.64. The molecule has 9 heteroatoms. The summed E-state index contributed by atoms with van der Waals surface area (Å²) in [5, 5.41) is 12.9. The number of para-hydroxylation sites is 1. The molecule has 0 aliphatic rings. The molecule has 1 heterocycles. The van der Waals surface area contributed by atoms with Gasteiger partial charge in [-0.3, -0.25) is 4.79 Å². The fourth-order valence-corrected chi connectivity index (χ4v) is 3.31. The van der Waals surface area contributed by atoms with Crippen LogP contribution in [0.4, 0.5) is 21.9 Å². The largest absolute Gasteiger partial charge is 0.339 e. The maximum Gasteiger partial charge on any atom is 0.323 e. The lowest BCUT2D eigenvalue weighted by Crippen LogP contribution is -2.19. The number of carbonyl (C=O) groups excluding carboxylic acids is 2. The summed E-state index contributed by atoms with van der Waals surface area (Å²) in [6, 6.07) is 22.9. The van der Waals surface area contributed by atoms with Crippen molar-refractivity contribution >= 4 is 40.6 Å². The molecule has 8 nitrogen and oxygen atoms in total. The number of hydrogen-bond acceptors (Lipinski definition) is 5. The van der Waals surface area contributed by atoms with Crippen LogP contribution < -0.4 is 16.0 Å². The molecule has 0 aliphatic carbocycles. The Bertz CT molecular complexity index is 1260. The molecular formula is C25H22ClN5O3. The van der Waals surface area contributed by atoms with Gasteiger partial charge in [0.05, 0.1) is 0 Å². The van der Waals surface area contributed by atoms with E-state index in [-0.39, 0.29) is 18.4 Å². The van der Waals surface area contributed by atoms with E-state index in [1.807, 2.05) is 30.3 Å². The van der Waals surface area contributed by atoms with Gasteiger partial charge >= 0.3 is 6.03 Å². The third kappa shape index (κ3) is 6.66. The van der Waals surface area contributed by atoms with E-state index >= 15 is 0 Å². The van der Waals surface area contributed by atoms with Gasteiger partial charge in [0.2, 0.25) is 17.6 Å². The average molecular weight is 476 g/mol. The van der Waals surface area contributed by atoms with E-state index in [1.54, 1.807) is 48.5 Å². The fourth-order valence-electron chi connectivity index (χ4n) is 3.19. The number of nitrogens with zero attached hydrogens (tertiary/aromatic N) is 2. The predicted octanol–water partition coefficient (Wildman–Crippen LogP) is 6.00. The maximum atomic E-state index is 12.3. The van der Waals surface area contributed by atoms with Gasteiger partial charge in [0.15, 0.2) is 0 Å². The summed E-state index contributed by atoms with van der Waals surface area (Å²) in [4.78, 5) is 28.9. The molecule has 0 bridgehead atoms. The molecule has 0 atom stereocenters. The van der Waals surface area contributed by atoms with Crippen LogP contribution in [0.25, 0.3) is 11.4 Å². The van der Waals surface area contributed by atoms with Crippen molar-refractivity contribution in [1.82, 2.24) is 10.1 Å². The lowest BCUT2D eigenvalue weighted by molar-refractivity contribution is -0.116. The molecule has 3 amide bonds. The molecule has 34 heavy (non-hydrogen) atoms. The third-order valence-electron chi connectivity index (χ3n) is 4.80. The zero-order valence-corrected chi connectivity index (χ0v) is 18.9. The number of amides is 3. The van der Waals surface area contributed by atoms with E-state index < -0.39 is 0 Å². The van der Waals surface area contributed by atoms with Crippen LogP contribution in [0.15, 0.2) is 83.4 Å². The Hall–Kier alpha value is -4.17. The van der Waals surface area contributed by atoms with Gasteiger partial charge in [0.1, 0.15) is 0 Å². The molecule has 0 saturated heterocycles. The Morgan fingerprint density at radius 1 is 0.824 bits per heavy atom. The average Bonchev–Trinajstić information content (AvgIpc) is 3.29. The van der Waals surface area contributed by atoms with Gasteiger partial charge in [-0.25, -0.2) is 4.79 Å². The number of halogens is 1. The summed E-state index contributed by atoms with van der Waals surface area (Å²) in [5.74, 6) is 0.799. The smallest absolute Gasteiger partial charge is 0.323 e. The van der Waals surface area contributed by atoms with Gasteiger partial charge in [0.25, 0.3) is 0 Å². The van der Waals surface area contributed by atoms with Crippen LogP contribution in [0.1, 0.15) is 18.7 Å². The Labute approximate surface area is 201 Å². The molecule has 3 aromatic carbocycles. The molecule has 1 aromatic heterocycles. The number of anilines is 3. The molecule has 3 N–H and O–H groups in total. The van der Waals surface area contributed by atoms with E-state index in [0.717, 1.165) is 5.56 Å². The molecule has 0 unspecified atom stereocenters. The summed E-state index contributed by atoms with van der Waals surface area (Å²) in [6.45, 7) is 0.